The number of nitrogens with zero attached hydrogens (tertiary/aromatic N) is 3. The van der Waals surface area contributed by atoms with Crippen molar-refractivity contribution in [3.8, 4) is 0 Å². The predicted molar refractivity (Wildman–Crippen MR) is 66.2 cm³/mol. The number of hydrogen-bond acceptors (Lipinski definition) is 6. The fourth-order valence-corrected chi connectivity index (χ4v) is 2.75. The first-order chi connectivity index (χ1) is 8.00. The Hall–Kier alpha value is -0.270. The summed E-state index contributed by atoms with van der Waals surface area (Å²) in [7, 11) is 0. The van der Waals surface area contributed by atoms with Crippen LogP contribution in [-0.4, -0.2) is 51.0 Å². The van der Waals surface area contributed by atoms with Crippen LogP contribution in [0.3, 0.4) is 0 Å². The van der Waals surface area contributed by atoms with E-state index >= 15 is 0 Å². The quantitative estimate of drug-likeness (QED) is 0.899. The molecule has 96 valence electrons. The standard InChI is InChI=1S/C10H16ClN3O2S/c1-10(2)6-14(3-7(5-15)16-10)4-8-9(11)17-13-12-8/h7,15H,3-6H2,1-2H3. The number of ether oxygens (including phenoxy) is 1. The van der Waals surface area contributed by atoms with Crippen LogP contribution in [0.4, 0.5) is 0 Å². The number of aromatic nitrogens is 2. The van der Waals surface area contributed by atoms with Gasteiger partial charge >= 0.3 is 0 Å². The summed E-state index contributed by atoms with van der Waals surface area (Å²) in [6, 6.07) is 0. The highest BCUT2D eigenvalue weighted by Gasteiger charge is 2.33. The zero-order valence-electron chi connectivity index (χ0n) is 9.89. The summed E-state index contributed by atoms with van der Waals surface area (Å²) in [5.41, 5.74) is 0.535. The number of halogens is 1. The molecule has 1 aromatic rings. The number of hydrogen-bond donors (Lipinski definition) is 1. The lowest BCUT2D eigenvalue weighted by atomic mass is 10.1. The van der Waals surface area contributed by atoms with E-state index in [1.807, 2.05) is 13.8 Å². The van der Waals surface area contributed by atoms with Crippen LogP contribution in [0.1, 0.15) is 19.5 Å². The molecule has 1 aromatic heterocycles. The molecule has 5 nitrogen and oxygen atoms in total. The topological polar surface area (TPSA) is 58.5 Å². The highest BCUT2D eigenvalue weighted by molar-refractivity contribution is 7.10. The third-order valence-electron chi connectivity index (χ3n) is 2.64. The van der Waals surface area contributed by atoms with E-state index in [4.69, 9.17) is 16.3 Å². The highest BCUT2D eigenvalue weighted by Crippen LogP contribution is 2.24. The molecule has 1 aliphatic heterocycles. The molecule has 0 radical (unpaired) electrons. The molecule has 1 saturated heterocycles. The monoisotopic (exact) mass is 277 g/mol. The molecule has 1 aliphatic rings. The summed E-state index contributed by atoms with van der Waals surface area (Å²) in [5.74, 6) is 0. The minimum absolute atomic E-state index is 0.0307. The molecule has 0 aliphatic carbocycles. The molecule has 0 bridgehead atoms. The van der Waals surface area contributed by atoms with Gasteiger partial charge in [0.25, 0.3) is 0 Å². The van der Waals surface area contributed by atoms with Gasteiger partial charge in [-0.1, -0.05) is 16.1 Å². The first-order valence-corrected chi connectivity index (χ1v) is 6.63. The second kappa shape index (κ2) is 5.16. The highest BCUT2D eigenvalue weighted by atomic mass is 35.5. The Bertz CT molecular complexity index is 385. The number of aliphatic hydroxyl groups is 1. The van der Waals surface area contributed by atoms with Gasteiger partial charge < -0.3 is 9.84 Å². The Morgan fingerprint density at radius 1 is 1.65 bits per heavy atom. The number of aliphatic hydroxyl groups excluding tert-OH is 1. The van der Waals surface area contributed by atoms with Gasteiger partial charge in [0.15, 0.2) is 0 Å². The molecule has 0 aromatic carbocycles. The molecule has 7 heteroatoms. The van der Waals surface area contributed by atoms with Crippen molar-refractivity contribution in [2.24, 2.45) is 0 Å². The van der Waals surface area contributed by atoms with Crippen LogP contribution in [0, 0.1) is 0 Å². The molecular weight excluding hydrogens is 262 g/mol. The van der Waals surface area contributed by atoms with Gasteiger partial charge in [-0.15, -0.1) is 5.10 Å². The molecule has 2 heterocycles. The van der Waals surface area contributed by atoms with E-state index in [9.17, 15) is 5.11 Å². The minimum atomic E-state index is -0.262. The van der Waals surface area contributed by atoms with Crippen LogP contribution in [0.15, 0.2) is 0 Å². The van der Waals surface area contributed by atoms with Crippen molar-refractivity contribution >= 4 is 23.1 Å². The fraction of sp³-hybridized carbons (Fsp3) is 0.800. The van der Waals surface area contributed by atoms with Crippen molar-refractivity contribution < 1.29 is 9.84 Å². The largest absolute Gasteiger partial charge is 0.394 e. The lowest BCUT2D eigenvalue weighted by Gasteiger charge is -2.42. The predicted octanol–water partition coefficient (Wildman–Crippen LogP) is 1.16. The first-order valence-electron chi connectivity index (χ1n) is 5.48. The van der Waals surface area contributed by atoms with Crippen LogP contribution < -0.4 is 0 Å². The molecular formula is C10H16ClN3O2S. The van der Waals surface area contributed by atoms with Gasteiger partial charge in [0.05, 0.1) is 18.3 Å². The summed E-state index contributed by atoms with van der Waals surface area (Å²) in [6.45, 7) is 6.19. The third-order valence-corrected chi connectivity index (χ3v) is 3.62. The molecule has 0 amide bonds. The van der Waals surface area contributed by atoms with E-state index in [1.54, 1.807) is 0 Å². The maximum absolute atomic E-state index is 9.22. The van der Waals surface area contributed by atoms with E-state index in [1.165, 1.54) is 11.5 Å². The van der Waals surface area contributed by atoms with E-state index in [2.05, 4.69) is 14.5 Å². The zero-order valence-corrected chi connectivity index (χ0v) is 11.5. The molecule has 0 spiro atoms. The molecule has 1 unspecified atom stereocenters. The van der Waals surface area contributed by atoms with E-state index in [0.29, 0.717) is 17.4 Å². The van der Waals surface area contributed by atoms with Gasteiger partial charge in [-0.25, -0.2) is 0 Å². The van der Waals surface area contributed by atoms with Gasteiger partial charge in [-0.2, -0.15) is 0 Å². The van der Waals surface area contributed by atoms with Crippen LogP contribution in [-0.2, 0) is 11.3 Å². The molecule has 1 N–H and O–H groups in total. The van der Waals surface area contributed by atoms with Crippen LogP contribution in [0.25, 0.3) is 0 Å². The Labute approximate surface area is 110 Å². The molecule has 17 heavy (non-hydrogen) atoms. The summed E-state index contributed by atoms with van der Waals surface area (Å²) >= 11 is 7.18. The number of morpholine rings is 1. The third kappa shape index (κ3) is 3.35. The second-order valence-corrected chi connectivity index (χ2v) is 6.20. The van der Waals surface area contributed by atoms with Crippen molar-refractivity contribution in [1.82, 2.24) is 14.5 Å². The Morgan fingerprint density at radius 2 is 2.41 bits per heavy atom. The van der Waals surface area contributed by atoms with Gasteiger partial charge in [-0.05, 0) is 13.8 Å². The SMILES string of the molecule is CC1(C)CN(Cc2nnsc2Cl)CC(CO)O1. The van der Waals surface area contributed by atoms with E-state index in [-0.39, 0.29) is 18.3 Å². The average Bonchev–Trinajstić information content (AvgIpc) is 2.62. The van der Waals surface area contributed by atoms with E-state index in [0.717, 1.165) is 12.2 Å². The second-order valence-electron chi connectivity index (χ2n) is 4.85. The van der Waals surface area contributed by atoms with Crippen molar-refractivity contribution in [2.75, 3.05) is 19.7 Å². The lowest BCUT2D eigenvalue weighted by molar-refractivity contribution is -0.150. The molecule has 2 rings (SSSR count). The summed E-state index contributed by atoms with van der Waals surface area (Å²) < 4.78 is 10.2. The number of rotatable bonds is 3. The van der Waals surface area contributed by atoms with Crippen molar-refractivity contribution in [1.29, 1.82) is 0 Å². The fourth-order valence-electron chi connectivity index (χ4n) is 2.14. The van der Waals surface area contributed by atoms with Gasteiger partial charge in [0, 0.05) is 31.2 Å². The van der Waals surface area contributed by atoms with Crippen LogP contribution in [0.2, 0.25) is 4.34 Å². The van der Waals surface area contributed by atoms with Crippen LogP contribution in [0.5, 0.6) is 0 Å². The average molecular weight is 278 g/mol. The van der Waals surface area contributed by atoms with Gasteiger partial charge in [0.2, 0.25) is 0 Å². The van der Waals surface area contributed by atoms with Crippen molar-refractivity contribution in [3.05, 3.63) is 10.0 Å². The molecule has 1 fully saturated rings. The summed E-state index contributed by atoms with van der Waals surface area (Å²) in [4.78, 5) is 2.19. The normalized spacial score (nSPS) is 25.1. The van der Waals surface area contributed by atoms with Crippen LogP contribution >= 0.6 is 23.1 Å². The van der Waals surface area contributed by atoms with Gasteiger partial charge in [-0.3, -0.25) is 4.90 Å². The zero-order chi connectivity index (χ0) is 12.5. The lowest BCUT2D eigenvalue weighted by Crippen LogP contribution is -2.53. The smallest absolute Gasteiger partial charge is 0.138 e. The summed E-state index contributed by atoms with van der Waals surface area (Å²) in [5, 5.41) is 13.2. The van der Waals surface area contributed by atoms with Gasteiger partial charge in [0.1, 0.15) is 10.0 Å². The Morgan fingerprint density at radius 3 is 3.00 bits per heavy atom. The maximum atomic E-state index is 9.22. The summed E-state index contributed by atoms with van der Waals surface area (Å²) in [6.07, 6.45) is -0.149. The molecule has 1 atom stereocenters. The van der Waals surface area contributed by atoms with Crippen molar-refractivity contribution in [3.63, 3.8) is 0 Å². The van der Waals surface area contributed by atoms with Crippen molar-refractivity contribution in [2.45, 2.75) is 32.1 Å². The Kier molecular flexibility index (Phi) is 3.99. The minimum Gasteiger partial charge on any atom is -0.394 e. The first kappa shape index (κ1) is 13.2. The maximum Gasteiger partial charge on any atom is 0.138 e. The van der Waals surface area contributed by atoms with E-state index < -0.39 is 0 Å². The Balaban J connectivity index is 2.03. The molecule has 0 saturated carbocycles.